The maximum absolute atomic E-state index is 12.9. The Hall–Kier alpha value is -2.62. The van der Waals surface area contributed by atoms with Crippen molar-refractivity contribution in [1.82, 2.24) is 0 Å². The summed E-state index contributed by atoms with van der Waals surface area (Å²) in [6.45, 7) is 0.336. The molecule has 1 aromatic heterocycles. The number of benzene rings is 2. The monoisotopic (exact) mass is 310 g/mol. The predicted octanol–water partition coefficient (Wildman–Crippen LogP) is 4.00. The third-order valence-corrected chi connectivity index (χ3v) is 4.18. The highest BCUT2D eigenvalue weighted by Crippen LogP contribution is 2.24. The van der Waals surface area contributed by atoms with Crippen LogP contribution in [0.3, 0.4) is 0 Å². The molecule has 0 bridgehead atoms. The van der Waals surface area contributed by atoms with Crippen molar-refractivity contribution < 1.29 is 13.5 Å². The Morgan fingerprint density at radius 2 is 1.91 bits per heavy atom. The Morgan fingerprint density at radius 1 is 1.09 bits per heavy atom. The van der Waals surface area contributed by atoms with Gasteiger partial charge in [-0.15, -0.1) is 0 Å². The van der Waals surface area contributed by atoms with Crippen LogP contribution in [-0.2, 0) is 19.4 Å². The Balaban J connectivity index is 1.63. The lowest BCUT2D eigenvalue weighted by atomic mass is 10.1. The van der Waals surface area contributed by atoms with Gasteiger partial charge in [-0.05, 0) is 54.8 Å². The van der Waals surface area contributed by atoms with Crippen LogP contribution >= 0.6 is 0 Å². The van der Waals surface area contributed by atoms with Gasteiger partial charge in [0.1, 0.15) is 29.5 Å². The highest BCUT2D eigenvalue weighted by Gasteiger charge is 2.19. The van der Waals surface area contributed by atoms with Crippen LogP contribution < -0.4 is 10.2 Å². The summed E-state index contributed by atoms with van der Waals surface area (Å²) in [5, 5.41) is 0.621. The molecule has 1 heterocycles. The van der Waals surface area contributed by atoms with E-state index >= 15 is 0 Å². The molecule has 4 rings (SSSR count). The molecule has 0 saturated heterocycles. The van der Waals surface area contributed by atoms with Crippen LogP contribution in [0.15, 0.2) is 51.7 Å². The summed E-state index contributed by atoms with van der Waals surface area (Å²) in [5.41, 5.74) is 2.43. The molecule has 116 valence electrons. The molecule has 0 amide bonds. The fourth-order valence-corrected chi connectivity index (χ4v) is 2.99. The summed E-state index contributed by atoms with van der Waals surface area (Å²) in [5.74, 6) is 1.12. The van der Waals surface area contributed by atoms with E-state index in [0.29, 0.717) is 23.3 Å². The summed E-state index contributed by atoms with van der Waals surface area (Å²) in [7, 11) is 0. The average Bonchev–Trinajstić information content (AvgIpc) is 3.03. The maximum atomic E-state index is 12.9. The van der Waals surface area contributed by atoms with Gasteiger partial charge in [0.15, 0.2) is 5.43 Å². The van der Waals surface area contributed by atoms with Crippen LogP contribution in [-0.4, -0.2) is 0 Å². The third kappa shape index (κ3) is 2.61. The van der Waals surface area contributed by atoms with Gasteiger partial charge in [-0.25, -0.2) is 4.39 Å². The maximum Gasteiger partial charge on any atom is 0.196 e. The van der Waals surface area contributed by atoms with Gasteiger partial charge in [0.2, 0.25) is 0 Å². The molecule has 0 aliphatic heterocycles. The SMILES string of the molecule is O=c1c2c(oc3cc(COc4ccc(F)cc4)ccc13)CCC2. The molecule has 0 unspecified atom stereocenters. The number of fused-ring (bicyclic) bond motifs is 2. The van der Waals surface area contributed by atoms with E-state index in [1.165, 1.54) is 12.1 Å². The molecule has 4 heteroatoms. The van der Waals surface area contributed by atoms with Crippen molar-refractivity contribution in [3.8, 4) is 5.75 Å². The van der Waals surface area contributed by atoms with Gasteiger partial charge in [-0.2, -0.15) is 0 Å². The normalized spacial score (nSPS) is 13.3. The van der Waals surface area contributed by atoms with Gasteiger partial charge in [-0.3, -0.25) is 4.79 Å². The first-order chi connectivity index (χ1) is 11.2. The second-order valence-corrected chi connectivity index (χ2v) is 5.76. The van der Waals surface area contributed by atoms with E-state index in [9.17, 15) is 9.18 Å². The Labute approximate surface area is 132 Å². The summed E-state index contributed by atoms with van der Waals surface area (Å²) >= 11 is 0. The van der Waals surface area contributed by atoms with Crippen molar-refractivity contribution in [3.05, 3.63) is 75.4 Å². The Morgan fingerprint density at radius 3 is 2.74 bits per heavy atom. The summed E-state index contributed by atoms with van der Waals surface area (Å²) in [6, 6.07) is 11.4. The largest absolute Gasteiger partial charge is 0.489 e. The minimum absolute atomic E-state index is 0.0877. The highest BCUT2D eigenvalue weighted by molar-refractivity contribution is 5.78. The zero-order valence-corrected chi connectivity index (χ0v) is 12.5. The second kappa shape index (κ2) is 5.54. The van der Waals surface area contributed by atoms with Crippen molar-refractivity contribution in [2.24, 2.45) is 0 Å². The summed E-state index contributed by atoms with van der Waals surface area (Å²) < 4.78 is 24.4. The molecule has 0 atom stereocenters. The van der Waals surface area contributed by atoms with Crippen LogP contribution in [0, 0.1) is 5.82 Å². The van der Waals surface area contributed by atoms with Gasteiger partial charge < -0.3 is 9.15 Å². The summed E-state index contributed by atoms with van der Waals surface area (Å²) in [6.07, 6.45) is 2.62. The molecule has 2 aromatic carbocycles. The van der Waals surface area contributed by atoms with Crippen LogP contribution in [0.2, 0.25) is 0 Å². The van der Waals surface area contributed by atoms with Crippen molar-refractivity contribution in [2.75, 3.05) is 0 Å². The van der Waals surface area contributed by atoms with E-state index in [-0.39, 0.29) is 11.2 Å². The molecule has 0 saturated carbocycles. The molecule has 0 radical (unpaired) electrons. The number of aryl methyl sites for hydroxylation is 1. The number of rotatable bonds is 3. The molecule has 23 heavy (non-hydrogen) atoms. The van der Waals surface area contributed by atoms with E-state index in [1.807, 2.05) is 12.1 Å². The second-order valence-electron chi connectivity index (χ2n) is 5.76. The van der Waals surface area contributed by atoms with Crippen LogP contribution in [0.4, 0.5) is 4.39 Å². The van der Waals surface area contributed by atoms with Gasteiger partial charge in [0, 0.05) is 12.0 Å². The molecule has 3 aromatic rings. The predicted molar refractivity (Wildman–Crippen MR) is 85.2 cm³/mol. The first kappa shape index (κ1) is 14.0. The molecule has 0 N–H and O–H groups in total. The topological polar surface area (TPSA) is 39.4 Å². The van der Waals surface area contributed by atoms with Crippen molar-refractivity contribution in [2.45, 2.75) is 25.9 Å². The number of hydrogen-bond acceptors (Lipinski definition) is 3. The lowest BCUT2D eigenvalue weighted by Gasteiger charge is -2.08. The molecule has 1 aliphatic carbocycles. The van der Waals surface area contributed by atoms with Gasteiger partial charge in [0.05, 0.1) is 5.39 Å². The fourth-order valence-electron chi connectivity index (χ4n) is 2.99. The highest BCUT2D eigenvalue weighted by atomic mass is 19.1. The van der Waals surface area contributed by atoms with Gasteiger partial charge in [0.25, 0.3) is 0 Å². The smallest absolute Gasteiger partial charge is 0.196 e. The first-order valence-electron chi connectivity index (χ1n) is 7.66. The van der Waals surface area contributed by atoms with E-state index in [2.05, 4.69) is 0 Å². The van der Waals surface area contributed by atoms with Gasteiger partial charge >= 0.3 is 0 Å². The van der Waals surface area contributed by atoms with Crippen LogP contribution in [0.1, 0.15) is 23.3 Å². The van der Waals surface area contributed by atoms with E-state index in [4.69, 9.17) is 9.15 Å². The minimum Gasteiger partial charge on any atom is -0.489 e. The molecule has 0 spiro atoms. The summed E-state index contributed by atoms with van der Waals surface area (Å²) in [4.78, 5) is 12.4. The first-order valence-corrected chi connectivity index (χ1v) is 7.66. The molecule has 1 aliphatic rings. The Bertz CT molecular complexity index is 926. The zero-order chi connectivity index (χ0) is 15.8. The Kier molecular flexibility index (Phi) is 3.37. The molecule has 3 nitrogen and oxygen atoms in total. The lowest BCUT2D eigenvalue weighted by molar-refractivity contribution is 0.305. The van der Waals surface area contributed by atoms with Gasteiger partial charge in [-0.1, -0.05) is 6.07 Å². The quantitative estimate of drug-likeness (QED) is 0.734. The number of halogens is 1. The fraction of sp³-hybridized carbons (Fsp3) is 0.211. The molecular formula is C19H15FO3. The van der Waals surface area contributed by atoms with Crippen LogP contribution in [0.25, 0.3) is 11.0 Å². The third-order valence-electron chi connectivity index (χ3n) is 4.18. The van der Waals surface area contributed by atoms with E-state index in [0.717, 1.165) is 36.1 Å². The van der Waals surface area contributed by atoms with Crippen molar-refractivity contribution in [1.29, 1.82) is 0 Å². The van der Waals surface area contributed by atoms with Crippen LogP contribution in [0.5, 0.6) is 5.75 Å². The standard InChI is InChI=1S/C19H15FO3/c20-13-5-7-14(8-6-13)22-11-12-4-9-16-18(10-12)23-17-3-1-2-15(17)19(16)21/h4-10H,1-3,11H2. The van der Waals surface area contributed by atoms with Crippen molar-refractivity contribution >= 4 is 11.0 Å². The van der Waals surface area contributed by atoms with E-state index in [1.54, 1.807) is 18.2 Å². The average molecular weight is 310 g/mol. The number of ether oxygens (including phenoxy) is 1. The number of hydrogen-bond donors (Lipinski definition) is 0. The van der Waals surface area contributed by atoms with Crippen molar-refractivity contribution in [3.63, 3.8) is 0 Å². The molecule has 0 fully saturated rings. The van der Waals surface area contributed by atoms with E-state index < -0.39 is 0 Å². The minimum atomic E-state index is -0.293. The molecular weight excluding hydrogens is 295 g/mol. The lowest BCUT2D eigenvalue weighted by Crippen LogP contribution is -2.08. The zero-order valence-electron chi connectivity index (χ0n) is 12.5.